The van der Waals surface area contributed by atoms with Gasteiger partial charge in [-0.25, -0.2) is 4.79 Å². The third-order valence-electron chi connectivity index (χ3n) is 1.25. The van der Waals surface area contributed by atoms with Gasteiger partial charge in [0.2, 0.25) is 0 Å². The van der Waals surface area contributed by atoms with Gasteiger partial charge in [0.05, 0.1) is 13.5 Å². The minimum Gasteiger partial charge on any atom is -0.467 e. The highest BCUT2D eigenvalue weighted by Gasteiger charge is 2.23. The molecule has 0 aromatic heterocycles. The maximum atomic E-state index is 11.1. The molecule has 0 spiro atoms. The molecule has 14 heavy (non-hydrogen) atoms. The third kappa shape index (κ3) is 5.53. The molecule has 0 bridgehead atoms. The van der Waals surface area contributed by atoms with E-state index in [0.717, 1.165) is 7.11 Å². The first-order chi connectivity index (χ1) is 6.26. The molecule has 0 aliphatic carbocycles. The number of hydrogen-bond donors (Lipinski definition) is 1. The number of aliphatic hydroxyl groups excluding tert-OH is 1. The van der Waals surface area contributed by atoms with Crippen LogP contribution in [0.15, 0.2) is 0 Å². The summed E-state index contributed by atoms with van der Waals surface area (Å²) in [6, 6.07) is 0. The molecule has 0 fully saturated rings. The van der Waals surface area contributed by atoms with E-state index in [2.05, 4.69) is 4.74 Å². The highest BCUT2D eigenvalue weighted by Crippen LogP contribution is 2.09. The Hall–Kier alpha value is -1.10. The van der Waals surface area contributed by atoms with E-state index in [1.54, 1.807) is 20.8 Å². The third-order valence-corrected chi connectivity index (χ3v) is 1.25. The molecule has 0 aromatic rings. The maximum absolute atomic E-state index is 11.1. The summed E-state index contributed by atoms with van der Waals surface area (Å²) in [5.74, 6) is -1.47. The minimum absolute atomic E-state index is 0.385. The van der Waals surface area contributed by atoms with Crippen LogP contribution in [-0.4, -0.2) is 35.9 Å². The van der Waals surface area contributed by atoms with Gasteiger partial charge in [-0.3, -0.25) is 4.79 Å². The zero-order valence-electron chi connectivity index (χ0n) is 8.86. The molecule has 5 nitrogen and oxygen atoms in total. The van der Waals surface area contributed by atoms with Gasteiger partial charge in [0.25, 0.3) is 0 Å². The molecular weight excluding hydrogens is 188 g/mol. The largest absolute Gasteiger partial charge is 0.467 e. The van der Waals surface area contributed by atoms with E-state index >= 15 is 0 Å². The topological polar surface area (TPSA) is 72.8 Å². The van der Waals surface area contributed by atoms with E-state index in [-0.39, 0.29) is 6.42 Å². The van der Waals surface area contributed by atoms with E-state index in [4.69, 9.17) is 9.84 Å². The fraction of sp³-hybridized carbons (Fsp3) is 0.778. The second-order valence-corrected chi connectivity index (χ2v) is 3.83. The van der Waals surface area contributed by atoms with Gasteiger partial charge in [0, 0.05) is 0 Å². The quantitative estimate of drug-likeness (QED) is 0.667. The number of methoxy groups -OCH3 is 1. The van der Waals surface area contributed by atoms with Gasteiger partial charge in [0.15, 0.2) is 6.10 Å². The molecule has 0 heterocycles. The van der Waals surface area contributed by atoms with Crippen molar-refractivity contribution in [1.29, 1.82) is 0 Å². The van der Waals surface area contributed by atoms with Crippen LogP contribution in [0.5, 0.6) is 0 Å². The number of carbonyl (C=O) groups is 2. The van der Waals surface area contributed by atoms with Crippen LogP contribution in [0.25, 0.3) is 0 Å². The monoisotopic (exact) mass is 204 g/mol. The lowest BCUT2D eigenvalue weighted by molar-refractivity contribution is -0.164. The predicted molar refractivity (Wildman–Crippen MR) is 48.5 cm³/mol. The molecular formula is C9H16O5. The van der Waals surface area contributed by atoms with Gasteiger partial charge in [-0.2, -0.15) is 0 Å². The first-order valence-electron chi connectivity index (χ1n) is 4.24. The molecule has 5 heteroatoms. The number of rotatable bonds is 3. The Morgan fingerprint density at radius 2 is 1.86 bits per heavy atom. The second-order valence-electron chi connectivity index (χ2n) is 3.83. The summed E-state index contributed by atoms with van der Waals surface area (Å²) in [7, 11) is 1.14. The average molecular weight is 204 g/mol. The summed E-state index contributed by atoms with van der Waals surface area (Å²) in [6.45, 7) is 5.11. The lowest BCUT2D eigenvalue weighted by Crippen LogP contribution is -2.30. The summed E-state index contributed by atoms with van der Waals surface area (Å²) < 4.78 is 9.14. The summed E-state index contributed by atoms with van der Waals surface area (Å²) in [6.07, 6.45) is -1.83. The van der Waals surface area contributed by atoms with Crippen molar-refractivity contribution in [2.24, 2.45) is 0 Å². The van der Waals surface area contributed by atoms with Crippen LogP contribution in [0.1, 0.15) is 27.2 Å². The van der Waals surface area contributed by atoms with E-state index in [9.17, 15) is 9.59 Å². The minimum atomic E-state index is -1.45. The molecule has 0 rings (SSSR count). The number of aliphatic hydroxyl groups is 1. The Morgan fingerprint density at radius 3 is 2.21 bits per heavy atom. The van der Waals surface area contributed by atoms with Crippen molar-refractivity contribution < 1.29 is 24.2 Å². The molecule has 0 saturated carbocycles. The molecule has 0 radical (unpaired) electrons. The molecule has 0 aromatic carbocycles. The Bertz CT molecular complexity index is 216. The van der Waals surface area contributed by atoms with Crippen molar-refractivity contribution in [3.63, 3.8) is 0 Å². The number of ether oxygens (including phenoxy) is 2. The average Bonchev–Trinajstić information content (AvgIpc) is 1.99. The van der Waals surface area contributed by atoms with Crippen LogP contribution in [0.2, 0.25) is 0 Å². The van der Waals surface area contributed by atoms with Crippen molar-refractivity contribution in [3.8, 4) is 0 Å². The first kappa shape index (κ1) is 12.9. The van der Waals surface area contributed by atoms with Crippen molar-refractivity contribution >= 4 is 11.9 Å². The zero-order chi connectivity index (χ0) is 11.4. The lowest BCUT2D eigenvalue weighted by atomic mass is 10.2. The van der Waals surface area contributed by atoms with Crippen LogP contribution in [-0.2, 0) is 19.1 Å². The molecule has 1 unspecified atom stereocenters. The van der Waals surface area contributed by atoms with Crippen LogP contribution < -0.4 is 0 Å². The highest BCUT2D eigenvalue weighted by molar-refractivity contribution is 5.81. The second kappa shape index (κ2) is 4.95. The fourth-order valence-electron chi connectivity index (χ4n) is 0.760. The Labute approximate surface area is 83.0 Å². The zero-order valence-corrected chi connectivity index (χ0v) is 8.86. The molecule has 1 atom stereocenters. The Morgan fingerprint density at radius 1 is 1.36 bits per heavy atom. The van der Waals surface area contributed by atoms with Crippen molar-refractivity contribution in [3.05, 3.63) is 0 Å². The smallest absolute Gasteiger partial charge is 0.335 e. The molecule has 0 aliphatic heterocycles. The highest BCUT2D eigenvalue weighted by atomic mass is 16.6. The molecule has 0 saturated heterocycles. The summed E-state index contributed by atoms with van der Waals surface area (Å²) in [5.41, 5.74) is -0.618. The normalized spacial score (nSPS) is 13.2. The lowest BCUT2D eigenvalue weighted by Gasteiger charge is -2.20. The Balaban J connectivity index is 4.01. The van der Waals surface area contributed by atoms with E-state index in [1.807, 2.05) is 0 Å². The van der Waals surface area contributed by atoms with Crippen molar-refractivity contribution in [2.75, 3.05) is 7.11 Å². The van der Waals surface area contributed by atoms with Crippen molar-refractivity contribution in [2.45, 2.75) is 38.9 Å². The Kier molecular flexibility index (Phi) is 4.56. The maximum Gasteiger partial charge on any atom is 0.335 e. The van der Waals surface area contributed by atoms with Crippen LogP contribution in [0, 0.1) is 0 Å². The van der Waals surface area contributed by atoms with Crippen LogP contribution in [0.3, 0.4) is 0 Å². The van der Waals surface area contributed by atoms with Gasteiger partial charge >= 0.3 is 11.9 Å². The van der Waals surface area contributed by atoms with Gasteiger partial charge in [-0.1, -0.05) is 0 Å². The number of esters is 2. The predicted octanol–water partition coefficient (Wildman–Crippen LogP) is 0.252. The molecule has 1 N–H and O–H groups in total. The van der Waals surface area contributed by atoms with E-state index in [0.29, 0.717) is 0 Å². The van der Waals surface area contributed by atoms with E-state index in [1.165, 1.54) is 0 Å². The van der Waals surface area contributed by atoms with Gasteiger partial charge < -0.3 is 14.6 Å². The number of hydrogen-bond acceptors (Lipinski definition) is 5. The first-order valence-corrected chi connectivity index (χ1v) is 4.24. The van der Waals surface area contributed by atoms with Gasteiger partial charge in [0.1, 0.15) is 5.60 Å². The van der Waals surface area contributed by atoms with Gasteiger partial charge in [-0.15, -0.1) is 0 Å². The molecule has 82 valence electrons. The summed E-state index contributed by atoms with van der Waals surface area (Å²) >= 11 is 0. The molecule has 0 amide bonds. The number of carbonyl (C=O) groups excluding carboxylic acids is 2. The standard InChI is InChI=1S/C9H16O5/c1-9(2,3)14-7(11)5-6(10)8(12)13-4/h6,10H,5H2,1-4H3. The fourth-order valence-corrected chi connectivity index (χ4v) is 0.760. The van der Waals surface area contributed by atoms with Crippen molar-refractivity contribution in [1.82, 2.24) is 0 Å². The molecule has 0 aliphatic rings. The van der Waals surface area contributed by atoms with Gasteiger partial charge in [-0.05, 0) is 20.8 Å². The summed E-state index contributed by atoms with van der Waals surface area (Å²) in [5, 5.41) is 9.11. The van der Waals surface area contributed by atoms with Crippen LogP contribution in [0.4, 0.5) is 0 Å². The van der Waals surface area contributed by atoms with Crippen LogP contribution >= 0.6 is 0 Å². The van der Waals surface area contributed by atoms with E-state index < -0.39 is 23.6 Å². The summed E-state index contributed by atoms with van der Waals surface area (Å²) in [4.78, 5) is 21.8. The SMILES string of the molecule is COC(=O)C(O)CC(=O)OC(C)(C)C.